The van der Waals surface area contributed by atoms with Gasteiger partial charge in [0.2, 0.25) is 11.8 Å². The summed E-state index contributed by atoms with van der Waals surface area (Å²) in [6.07, 6.45) is 4.95. The highest BCUT2D eigenvalue weighted by Crippen LogP contribution is 2.04. The van der Waals surface area contributed by atoms with Gasteiger partial charge in [0.25, 0.3) is 0 Å². The molecule has 0 radical (unpaired) electrons. The highest BCUT2D eigenvalue weighted by atomic mass is 16.2. The van der Waals surface area contributed by atoms with Gasteiger partial charge in [-0.25, -0.2) is 0 Å². The third-order valence-electron chi connectivity index (χ3n) is 2.73. The van der Waals surface area contributed by atoms with Crippen molar-refractivity contribution in [3.63, 3.8) is 0 Å². The maximum atomic E-state index is 11.5. The lowest BCUT2D eigenvalue weighted by atomic mass is 10.1. The summed E-state index contributed by atoms with van der Waals surface area (Å²) in [7, 11) is 0. The molecule has 1 unspecified atom stereocenters. The van der Waals surface area contributed by atoms with Crippen LogP contribution >= 0.6 is 0 Å². The van der Waals surface area contributed by atoms with Gasteiger partial charge in [0, 0.05) is 13.0 Å². The first-order chi connectivity index (χ1) is 7.74. The number of unbranched alkanes of at least 4 members (excludes halogenated alkanes) is 2. The third kappa shape index (κ3) is 4.61. The zero-order valence-electron chi connectivity index (χ0n) is 9.63. The van der Waals surface area contributed by atoms with E-state index in [2.05, 4.69) is 10.6 Å². The summed E-state index contributed by atoms with van der Waals surface area (Å²) in [6, 6.07) is -0.323. The first kappa shape index (κ1) is 13.0. The molecule has 1 heterocycles. The topological polar surface area (TPSA) is 84.2 Å². The van der Waals surface area contributed by atoms with Crippen molar-refractivity contribution >= 4 is 11.8 Å². The Morgan fingerprint density at radius 2 is 2.25 bits per heavy atom. The molecule has 1 fully saturated rings. The summed E-state index contributed by atoms with van der Waals surface area (Å²) in [6.45, 7) is 1.40. The van der Waals surface area contributed by atoms with E-state index in [4.69, 9.17) is 5.73 Å². The minimum absolute atomic E-state index is 0.0286. The van der Waals surface area contributed by atoms with Crippen LogP contribution < -0.4 is 16.4 Å². The van der Waals surface area contributed by atoms with Crippen LogP contribution in [0.1, 0.15) is 38.5 Å². The number of hydrogen-bond donors (Lipinski definition) is 3. The lowest BCUT2D eigenvalue weighted by Gasteiger charge is -2.22. The minimum atomic E-state index is -0.323. The van der Waals surface area contributed by atoms with Gasteiger partial charge in [0.15, 0.2) is 0 Å². The monoisotopic (exact) mass is 227 g/mol. The Bertz CT molecular complexity index is 243. The van der Waals surface area contributed by atoms with Gasteiger partial charge < -0.3 is 16.4 Å². The SMILES string of the molecule is NCCCCCC(=O)NC1CCCNC1=O. The predicted octanol–water partition coefficient (Wildman–Crippen LogP) is -0.0997. The van der Waals surface area contributed by atoms with E-state index in [9.17, 15) is 9.59 Å². The van der Waals surface area contributed by atoms with Crippen molar-refractivity contribution in [1.82, 2.24) is 10.6 Å². The molecule has 1 rings (SSSR count). The molecule has 1 aliphatic heterocycles. The highest BCUT2D eigenvalue weighted by Gasteiger charge is 2.22. The van der Waals surface area contributed by atoms with Crippen LogP contribution in [0.15, 0.2) is 0 Å². The van der Waals surface area contributed by atoms with Gasteiger partial charge in [-0.05, 0) is 32.2 Å². The summed E-state index contributed by atoms with van der Waals surface area (Å²) in [5, 5.41) is 5.51. The Labute approximate surface area is 96.1 Å². The van der Waals surface area contributed by atoms with E-state index in [1.165, 1.54) is 0 Å². The molecule has 0 spiro atoms. The van der Waals surface area contributed by atoms with Crippen LogP contribution in [0.25, 0.3) is 0 Å². The second-order valence-corrected chi connectivity index (χ2v) is 4.15. The number of rotatable bonds is 6. The molecule has 0 bridgehead atoms. The fourth-order valence-corrected chi connectivity index (χ4v) is 1.78. The van der Waals surface area contributed by atoms with Crippen molar-refractivity contribution < 1.29 is 9.59 Å². The smallest absolute Gasteiger partial charge is 0.242 e. The molecule has 2 amide bonds. The number of nitrogens with one attached hydrogen (secondary N) is 2. The molecule has 0 aromatic rings. The normalized spacial score (nSPS) is 20.3. The fourth-order valence-electron chi connectivity index (χ4n) is 1.78. The molecule has 0 aromatic carbocycles. The van der Waals surface area contributed by atoms with E-state index < -0.39 is 0 Å². The number of hydrogen-bond acceptors (Lipinski definition) is 3. The summed E-state index contributed by atoms with van der Waals surface area (Å²) >= 11 is 0. The molecule has 0 aromatic heterocycles. The summed E-state index contributed by atoms with van der Waals surface area (Å²) in [5.74, 6) is -0.0828. The Morgan fingerprint density at radius 3 is 2.94 bits per heavy atom. The quantitative estimate of drug-likeness (QED) is 0.554. The highest BCUT2D eigenvalue weighted by molar-refractivity contribution is 5.87. The summed E-state index contributed by atoms with van der Waals surface area (Å²) < 4.78 is 0. The molecule has 5 heteroatoms. The Balaban J connectivity index is 2.15. The lowest BCUT2D eigenvalue weighted by molar-refractivity contribution is -0.130. The van der Waals surface area contributed by atoms with Crippen molar-refractivity contribution in [1.29, 1.82) is 0 Å². The second-order valence-electron chi connectivity index (χ2n) is 4.15. The van der Waals surface area contributed by atoms with Crippen LogP contribution in [0.4, 0.5) is 0 Å². The average molecular weight is 227 g/mol. The number of carbonyl (C=O) groups is 2. The predicted molar refractivity (Wildman–Crippen MR) is 61.7 cm³/mol. The Kier molecular flexibility index (Phi) is 5.85. The van der Waals surface area contributed by atoms with Crippen LogP contribution in [0.2, 0.25) is 0 Å². The van der Waals surface area contributed by atoms with E-state index in [0.29, 0.717) is 13.0 Å². The van der Waals surface area contributed by atoms with E-state index in [0.717, 1.165) is 38.6 Å². The van der Waals surface area contributed by atoms with E-state index in [-0.39, 0.29) is 17.9 Å². The van der Waals surface area contributed by atoms with Crippen molar-refractivity contribution in [2.75, 3.05) is 13.1 Å². The van der Waals surface area contributed by atoms with Gasteiger partial charge in [0.05, 0.1) is 0 Å². The standard InChI is InChI=1S/C11H21N3O2/c12-7-3-1-2-6-10(15)14-9-5-4-8-13-11(9)16/h9H,1-8,12H2,(H,13,16)(H,14,15). The molecule has 0 saturated carbocycles. The van der Waals surface area contributed by atoms with Gasteiger partial charge in [-0.2, -0.15) is 0 Å². The van der Waals surface area contributed by atoms with Crippen LogP contribution in [0.5, 0.6) is 0 Å². The molecule has 0 aliphatic carbocycles. The van der Waals surface area contributed by atoms with E-state index in [1.54, 1.807) is 0 Å². The average Bonchev–Trinajstić information content (AvgIpc) is 2.28. The number of nitrogens with two attached hydrogens (primary N) is 1. The minimum Gasteiger partial charge on any atom is -0.354 e. The van der Waals surface area contributed by atoms with Crippen LogP contribution in [0.3, 0.4) is 0 Å². The number of carbonyl (C=O) groups excluding carboxylic acids is 2. The molecule has 4 N–H and O–H groups in total. The van der Waals surface area contributed by atoms with Crippen LogP contribution in [0, 0.1) is 0 Å². The molecular formula is C11H21N3O2. The zero-order chi connectivity index (χ0) is 11.8. The molecule has 92 valence electrons. The van der Waals surface area contributed by atoms with Crippen LogP contribution in [-0.2, 0) is 9.59 Å². The molecular weight excluding hydrogens is 206 g/mol. The van der Waals surface area contributed by atoms with Gasteiger partial charge in [0.1, 0.15) is 6.04 Å². The maximum absolute atomic E-state index is 11.5. The van der Waals surface area contributed by atoms with Gasteiger partial charge in [-0.3, -0.25) is 9.59 Å². The van der Waals surface area contributed by atoms with Crippen molar-refractivity contribution in [3.8, 4) is 0 Å². The van der Waals surface area contributed by atoms with Gasteiger partial charge >= 0.3 is 0 Å². The Morgan fingerprint density at radius 1 is 1.44 bits per heavy atom. The largest absolute Gasteiger partial charge is 0.354 e. The van der Waals surface area contributed by atoms with E-state index >= 15 is 0 Å². The van der Waals surface area contributed by atoms with Crippen LogP contribution in [-0.4, -0.2) is 30.9 Å². The molecule has 5 nitrogen and oxygen atoms in total. The number of piperidine rings is 1. The lowest BCUT2D eigenvalue weighted by Crippen LogP contribution is -2.50. The second kappa shape index (κ2) is 7.22. The maximum Gasteiger partial charge on any atom is 0.242 e. The van der Waals surface area contributed by atoms with E-state index in [1.807, 2.05) is 0 Å². The third-order valence-corrected chi connectivity index (χ3v) is 2.73. The summed E-state index contributed by atoms with van der Waals surface area (Å²) in [4.78, 5) is 22.9. The van der Waals surface area contributed by atoms with Crippen molar-refractivity contribution in [2.45, 2.75) is 44.6 Å². The molecule has 1 atom stereocenters. The molecule has 1 aliphatic rings. The fraction of sp³-hybridized carbons (Fsp3) is 0.818. The van der Waals surface area contributed by atoms with Crippen molar-refractivity contribution in [2.24, 2.45) is 5.73 Å². The first-order valence-corrected chi connectivity index (χ1v) is 6.01. The first-order valence-electron chi connectivity index (χ1n) is 6.01. The molecule has 1 saturated heterocycles. The van der Waals surface area contributed by atoms with Gasteiger partial charge in [-0.1, -0.05) is 6.42 Å². The molecule has 16 heavy (non-hydrogen) atoms. The Hall–Kier alpha value is -1.10. The zero-order valence-corrected chi connectivity index (χ0v) is 9.63. The number of amides is 2. The van der Waals surface area contributed by atoms with Gasteiger partial charge in [-0.15, -0.1) is 0 Å². The summed E-state index contributed by atoms with van der Waals surface area (Å²) in [5.41, 5.74) is 5.36. The van der Waals surface area contributed by atoms with Crippen molar-refractivity contribution in [3.05, 3.63) is 0 Å².